The minimum absolute atomic E-state index is 0. The zero-order valence-corrected chi connectivity index (χ0v) is 17.9. The van der Waals surface area contributed by atoms with Gasteiger partial charge in [0.1, 0.15) is 5.82 Å². The van der Waals surface area contributed by atoms with E-state index in [9.17, 15) is 4.39 Å². The van der Waals surface area contributed by atoms with Gasteiger partial charge in [-0.2, -0.15) is 0 Å². The molecule has 1 saturated heterocycles. The predicted molar refractivity (Wildman–Crippen MR) is 113 cm³/mol. The molecule has 1 aromatic carbocycles. The van der Waals surface area contributed by atoms with Gasteiger partial charge < -0.3 is 20.1 Å². The Morgan fingerprint density at radius 1 is 1.35 bits per heavy atom. The molecule has 1 aliphatic heterocycles. The molecule has 1 unspecified atom stereocenters. The van der Waals surface area contributed by atoms with Crippen molar-refractivity contribution in [2.75, 3.05) is 59.7 Å². The van der Waals surface area contributed by atoms with Gasteiger partial charge in [0, 0.05) is 39.8 Å². The SMILES string of the molecule is CCOCCNC(=NC)NCC(c1cccc(F)c1)N1CCOCC1.I. The summed E-state index contributed by atoms with van der Waals surface area (Å²) in [6.45, 7) is 7.70. The number of rotatable bonds is 8. The fraction of sp³-hybridized carbons (Fsp3) is 0.611. The van der Waals surface area contributed by atoms with Crippen LogP contribution in [0.3, 0.4) is 0 Å². The Morgan fingerprint density at radius 2 is 2.12 bits per heavy atom. The number of aliphatic imine (C=N–C) groups is 1. The highest BCUT2D eigenvalue weighted by molar-refractivity contribution is 14.0. The second-order valence-corrected chi connectivity index (χ2v) is 5.80. The van der Waals surface area contributed by atoms with Crippen molar-refractivity contribution in [1.82, 2.24) is 15.5 Å². The average molecular weight is 480 g/mol. The molecule has 0 radical (unpaired) electrons. The molecule has 6 nitrogen and oxygen atoms in total. The van der Waals surface area contributed by atoms with Gasteiger partial charge in [-0.15, -0.1) is 24.0 Å². The molecule has 0 amide bonds. The van der Waals surface area contributed by atoms with E-state index in [4.69, 9.17) is 9.47 Å². The molecule has 0 saturated carbocycles. The lowest BCUT2D eigenvalue weighted by atomic mass is 10.0. The standard InChI is InChI=1S/C18H29FN4O2.HI/c1-3-24-10-7-21-18(20-2)22-14-17(23-8-11-25-12-9-23)15-5-4-6-16(19)13-15;/h4-6,13,17H,3,7-12,14H2,1-2H3,(H2,20,21,22);1H. The van der Waals surface area contributed by atoms with Crippen molar-refractivity contribution in [1.29, 1.82) is 0 Å². The van der Waals surface area contributed by atoms with E-state index in [0.717, 1.165) is 24.6 Å². The van der Waals surface area contributed by atoms with Crippen LogP contribution in [-0.2, 0) is 9.47 Å². The first kappa shape index (κ1) is 23.1. The van der Waals surface area contributed by atoms with E-state index in [1.54, 1.807) is 19.2 Å². The number of benzene rings is 1. The molecule has 1 atom stereocenters. The molecule has 1 aromatic rings. The molecule has 148 valence electrons. The number of hydrogen-bond acceptors (Lipinski definition) is 4. The maximum absolute atomic E-state index is 13.7. The van der Waals surface area contributed by atoms with Crippen molar-refractivity contribution in [3.8, 4) is 0 Å². The summed E-state index contributed by atoms with van der Waals surface area (Å²) in [5, 5.41) is 6.56. The molecule has 26 heavy (non-hydrogen) atoms. The van der Waals surface area contributed by atoms with Gasteiger partial charge in [-0.3, -0.25) is 9.89 Å². The normalized spacial score (nSPS) is 16.7. The minimum atomic E-state index is -0.213. The molecule has 1 aliphatic rings. The lowest BCUT2D eigenvalue weighted by Gasteiger charge is -2.35. The molecular formula is C18H30FIN4O2. The Morgan fingerprint density at radius 3 is 2.77 bits per heavy atom. The topological polar surface area (TPSA) is 58.1 Å². The van der Waals surface area contributed by atoms with E-state index in [0.29, 0.717) is 39.5 Å². The Hall–Kier alpha value is -0.970. The van der Waals surface area contributed by atoms with Crippen LogP contribution in [0.2, 0.25) is 0 Å². The first-order valence-electron chi connectivity index (χ1n) is 8.84. The van der Waals surface area contributed by atoms with Gasteiger partial charge in [0.05, 0.1) is 25.9 Å². The number of nitrogens with one attached hydrogen (secondary N) is 2. The first-order chi connectivity index (χ1) is 12.2. The second kappa shape index (κ2) is 13.2. The summed E-state index contributed by atoms with van der Waals surface area (Å²) in [5.74, 6) is 0.504. The number of halogens is 2. The van der Waals surface area contributed by atoms with Crippen LogP contribution in [0.1, 0.15) is 18.5 Å². The zero-order chi connectivity index (χ0) is 17.9. The molecule has 1 heterocycles. The molecule has 2 N–H and O–H groups in total. The molecule has 0 bridgehead atoms. The van der Waals surface area contributed by atoms with E-state index in [1.807, 2.05) is 13.0 Å². The lowest BCUT2D eigenvalue weighted by Crippen LogP contribution is -2.46. The van der Waals surface area contributed by atoms with Crippen molar-refractivity contribution in [3.05, 3.63) is 35.6 Å². The van der Waals surface area contributed by atoms with Gasteiger partial charge in [-0.1, -0.05) is 12.1 Å². The van der Waals surface area contributed by atoms with Crippen LogP contribution < -0.4 is 10.6 Å². The fourth-order valence-electron chi connectivity index (χ4n) is 2.86. The molecular weight excluding hydrogens is 450 g/mol. The van der Waals surface area contributed by atoms with E-state index in [1.165, 1.54) is 6.07 Å². The van der Waals surface area contributed by atoms with E-state index in [-0.39, 0.29) is 35.8 Å². The Labute approximate surface area is 172 Å². The number of hydrogen-bond donors (Lipinski definition) is 2. The first-order valence-corrected chi connectivity index (χ1v) is 8.84. The predicted octanol–water partition coefficient (Wildman–Crippen LogP) is 2.02. The van der Waals surface area contributed by atoms with Gasteiger partial charge in [-0.25, -0.2) is 4.39 Å². The minimum Gasteiger partial charge on any atom is -0.380 e. The van der Waals surface area contributed by atoms with Crippen molar-refractivity contribution < 1.29 is 13.9 Å². The highest BCUT2D eigenvalue weighted by atomic mass is 127. The summed E-state index contributed by atoms with van der Waals surface area (Å²) >= 11 is 0. The van der Waals surface area contributed by atoms with Crippen molar-refractivity contribution >= 4 is 29.9 Å². The Balaban J connectivity index is 0.00000338. The van der Waals surface area contributed by atoms with Crippen LogP contribution in [0.25, 0.3) is 0 Å². The summed E-state index contributed by atoms with van der Waals surface area (Å²) in [4.78, 5) is 6.55. The van der Waals surface area contributed by atoms with Gasteiger partial charge >= 0.3 is 0 Å². The summed E-state index contributed by atoms with van der Waals surface area (Å²) in [5.41, 5.74) is 0.958. The van der Waals surface area contributed by atoms with Gasteiger partial charge in [0.25, 0.3) is 0 Å². The number of guanidine groups is 1. The zero-order valence-electron chi connectivity index (χ0n) is 15.5. The molecule has 8 heteroatoms. The van der Waals surface area contributed by atoms with Crippen LogP contribution in [0.15, 0.2) is 29.3 Å². The number of nitrogens with zero attached hydrogens (tertiary/aromatic N) is 2. The molecule has 2 rings (SSSR count). The monoisotopic (exact) mass is 480 g/mol. The second-order valence-electron chi connectivity index (χ2n) is 5.80. The van der Waals surface area contributed by atoms with Crippen molar-refractivity contribution in [2.45, 2.75) is 13.0 Å². The number of morpholine rings is 1. The summed E-state index contributed by atoms with van der Waals surface area (Å²) in [7, 11) is 1.74. The Kier molecular flexibility index (Phi) is 11.7. The summed E-state index contributed by atoms with van der Waals surface area (Å²) < 4.78 is 24.5. The molecule has 0 spiro atoms. The van der Waals surface area contributed by atoms with E-state index in [2.05, 4.69) is 20.5 Å². The third-order valence-electron chi connectivity index (χ3n) is 4.15. The van der Waals surface area contributed by atoms with Crippen molar-refractivity contribution in [2.24, 2.45) is 4.99 Å². The third-order valence-corrected chi connectivity index (χ3v) is 4.15. The maximum Gasteiger partial charge on any atom is 0.191 e. The highest BCUT2D eigenvalue weighted by Crippen LogP contribution is 2.22. The lowest BCUT2D eigenvalue weighted by molar-refractivity contribution is 0.0169. The fourth-order valence-corrected chi connectivity index (χ4v) is 2.86. The largest absolute Gasteiger partial charge is 0.380 e. The third kappa shape index (κ3) is 7.73. The molecule has 1 fully saturated rings. The quantitative estimate of drug-likeness (QED) is 0.258. The smallest absolute Gasteiger partial charge is 0.191 e. The molecule has 0 aliphatic carbocycles. The number of ether oxygens (including phenoxy) is 2. The van der Waals surface area contributed by atoms with Crippen molar-refractivity contribution in [3.63, 3.8) is 0 Å². The molecule has 0 aromatic heterocycles. The van der Waals surface area contributed by atoms with Crippen LogP contribution >= 0.6 is 24.0 Å². The summed E-state index contributed by atoms with van der Waals surface area (Å²) in [6, 6.07) is 6.86. The summed E-state index contributed by atoms with van der Waals surface area (Å²) in [6.07, 6.45) is 0. The van der Waals surface area contributed by atoms with Crippen LogP contribution in [0.4, 0.5) is 4.39 Å². The van der Waals surface area contributed by atoms with Gasteiger partial charge in [-0.05, 0) is 24.6 Å². The van der Waals surface area contributed by atoms with Crippen LogP contribution in [-0.4, -0.2) is 70.5 Å². The highest BCUT2D eigenvalue weighted by Gasteiger charge is 2.23. The van der Waals surface area contributed by atoms with E-state index >= 15 is 0 Å². The van der Waals surface area contributed by atoms with Crippen LogP contribution in [0, 0.1) is 5.82 Å². The average Bonchev–Trinajstić information content (AvgIpc) is 2.64. The Bertz CT molecular complexity index is 542. The van der Waals surface area contributed by atoms with Crippen LogP contribution in [0.5, 0.6) is 0 Å². The van der Waals surface area contributed by atoms with Gasteiger partial charge in [0.15, 0.2) is 5.96 Å². The van der Waals surface area contributed by atoms with E-state index < -0.39 is 0 Å². The van der Waals surface area contributed by atoms with Gasteiger partial charge in [0.2, 0.25) is 0 Å². The maximum atomic E-state index is 13.7.